The van der Waals surface area contributed by atoms with E-state index in [1.807, 2.05) is 42.5 Å². The first-order valence-corrected chi connectivity index (χ1v) is 6.32. The molecular formula is C16H19NO2. The van der Waals surface area contributed by atoms with Crippen molar-refractivity contribution in [3.63, 3.8) is 0 Å². The van der Waals surface area contributed by atoms with E-state index < -0.39 is 0 Å². The predicted octanol–water partition coefficient (Wildman–Crippen LogP) is 2.94. The van der Waals surface area contributed by atoms with Crippen LogP contribution in [0.1, 0.15) is 16.7 Å². The number of nitrogens with one attached hydrogen (secondary N) is 1. The minimum Gasteiger partial charge on any atom is -0.392 e. The predicted molar refractivity (Wildman–Crippen MR) is 76.8 cm³/mol. The lowest BCUT2D eigenvalue weighted by molar-refractivity contribution is 0.185. The molecule has 0 amide bonds. The Bertz CT molecular complexity index is 508. The van der Waals surface area contributed by atoms with E-state index >= 15 is 0 Å². The van der Waals surface area contributed by atoms with Crippen molar-refractivity contribution < 1.29 is 9.84 Å². The highest BCUT2D eigenvalue weighted by atomic mass is 16.5. The number of hydrogen-bond donors (Lipinski definition) is 2. The molecule has 0 aliphatic carbocycles. The standard InChI is InChI=1S/C16H19NO2/c1-19-12-15-3-2-4-16(9-15)17-10-13-5-7-14(11-18)8-6-13/h2-9,17-18H,10-12H2,1H3. The quantitative estimate of drug-likeness (QED) is 0.836. The third kappa shape index (κ3) is 4.09. The smallest absolute Gasteiger partial charge is 0.0713 e. The first kappa shape index (κ1) is 13.6. The Morgan fingerprint density at radius 1 is 1.00 bits per heavy atom. The van der Waals surface area contributed by atoms with Crippen molar-refractivity contribution in [1.29, 1.82) is 0 Å². The number of hydrogen-bond acceptors (Lipinski definition) is 3. The van der Waals surface area contributed by atoms with Gasteiger partial charge in [0.25, 0.3) is 0 Å². The fourth-order valence-electron chi connectivity index (χ4n) is 1.90. The van der Waals surface area contributed by atoms with Crippen molar-refractivity contribution in [3.8, 4) is 0 Å². The van der Waals surface area contributed by atoms with Gasteiger partial charge in [-0.1, -0.05) is 36.4 Å². The van der Waals surface area contributed by atoms with Gasteiger partial charge >= 0.3 is 0 Å². The molecule has 0 atom stereocenters. The molecule has 0 spiro atoms. The van der Waals surface area contributed by atoms with Crippen molar-refractivity contribution >= 4 is 5.69 Å². The summed E-state index contributed by atoms with van der Waals surface area (Å²) in [5, 5.41) is 12.4. The van der Waals surface area contributed by atoms with Gasteiger partial charge in [-0.25, -0.2) is 0 Å². The van der Waals surface area contributed by atoms with Gasteiger partial charge in [0.2, 0.25) is 0 Å². The van der Waals surface area contributed by atoms with E-state index in [-0.39, 0.29) is 6.61 Å². The monoisotopic (exact) mass is 257 g/mol. The zero-order valence-corrected chi connectivity index (χ0v) is 11.1. The Labute approximate surface area is 113 Å². The van der Waals surface area contributed by atoms with Gasteiger partial charge in [0.15, 0.2) is 0 Å². The summed E-state index contributed by atoms with van der Waals surface area (Å²) >= 11 is 0. The average molecular weight is 257 g/mol. The van der Waals surface area contributed by atoms with Crippen LogP contribution in [0.15, 0.2) is 48.5 Å². The first-order valence-electron chi connectivity index (χ1n) is 6.32. The minimum atomic E-state index is 0.0901. The molecule has 2 aromatic rings. The maximum Gasteiger partial charge on any atom is 0.0713 e. The lowest BCUT2D eigenvalue weighted by Gasteiger charge is -2.08. The second kappa shape index (κ2) is 6.92. The fourth-order valence-corrected chi connectivity index (χ4v) is 1.90. The third-order valence-electron chi connectivity index (χ3n) is 2.94. The van der Waals surface area contributed by atoms with Crippen molar-refractivity contribution in [1.82, 2.24) is 0 Å². The second-order valence-electron chi connectivity index (χ2n) is 4.46. The molecule has 0 unspecified atom stereocenters. The van der Waals surface area contributed by atoms with E-state index in [4.69, 9.17) is 9.84 Å². The molecule has 0 heterocycles. The van der Waals surface area contributed by atoms with Gasteiger partial charge in [-0.2, -0.15) is 0 Å². The van der Waals surface area contributed by atoms with Crippen LogP contribution >= 0.6 is 0 Å². The zero-order valence-electron chi connectivity index (χ0n) is 11.1. The largest absolute Gasteiger partial charge is 0.392 e. The van der Waals surface area contributed by atoms with Crippen molar-refractivity contribution in [2.45, 2.75) is 19.8 Å². The second-order valence-corrected chi connectivity index (χ2v) is 4.46. The van der Waals surface area contributed by atoms with E-state index in [9.17, 15) is 0 Å². The highest BCUT2D eigenvalue weighted by Crippen LogP contribution is 2.13. The number of benzene rings is 2. The highest BCUT2D eigenvalue weighted by Gasteiger charge is 1.97. The van der Waals surface area contributed by atoms with Crippen molar-refractivity contribution in [3.05, 3.63) is 65.2 Å². The lowest BCUT2D eigenvalue weighted by atomic mass is 10.1. The van der Waals surface area contributed by atoms with Crippen LogP contribution in [0, 0.1) is 0 Å². The van der Waals surface area contributed by atoms with Crippen LogP contribution in [0.3, 0.4) is 0 Å². The number of aliphatic hydroxyl groups excluding tert-OH is 1. The van der Waals surface area contributed by atoms with E-state index in [0.717, 1.165) is 23.4 Å². The molecular weight excluding hydrogens is 238 g/mol. The fraction of sp³-hybridized carbons (Fsp3) is 0.250. The van der Waals surface area contributed by atoms with E-state index in [1.165, 1.54) is 5.56 Å². The Balaban J connectivity index is 1.95. The maximum atomic E-state index is 8.99. The molecule has 0 saturated carbocycles. The van der Waals surface area contributed by atoms with Crippen LogP contribution in [0.2, 0.25) is 0 Å². The molecule has 19 heavy (non-hydrogen) atoms. The molecule has 0 fully saturated rings. The molecule has 2 aromatic carbocycles. The SMILES string of the molecule is COCc1cccc(NCc2ccc(CO)cc2)c1. The first-order chi connectivity index (χ1) is 9.31. The van der Waals surface area contributed by atoms with Crippen LogP contribution in [0.5, 0.6) is 0 Å². The molecule has 0 aliphatic rings. The van der Waals surface area contributed by atoms with Crippen LogP contribution < -0.4 is 5.32 Å². The molecule has 0 aliphatic heterocycles. The third-order valence-corrected chi connectivity index (χ3v) is 2.94. The molecule has 3 heteroatoms. The van der Waals surface area contributed by atoms with Gasteiger partial charge in [0.1, 0.15) is 0 Å². The van der Waals surface area contributed by atoms with E-state index in [0.29, 0.717) is 6.61 Å². The molecule has 2 rings (SSSR count). The number of aliphatic hydroxyl groups is 1. The topological polar surface area (TPSA) is 41.5 Å². The summed E-state index contributed by atoms with van der Waals surface area (Å²) in [5.41, 5.74) is 4.36. The normalized spacial score (nSPS) is 10.4. The van der Waals surface area contributed by atoms with Gasteiger partial charge in [-0.15, -0.1) is 0 Å². The highest BCUT2D eigenvalue weighted by molar-refractivity contribution is 5.46. The number of ether oxygens (including phenoxy) is 1. The molecule has 0 radical (unpaired) electrons. The summed E-state index contributed by atoms with van der Waals surface area (Å²) in [4.78, 5) is 0. The zero-order chi connectivity index (χ0) is 13.5. The van der Waals surface area contributed by atoms with Crippen LogP contribution in [0.25, 0.3) is 0 Å². The summed E-state index contributed by atoms with van der Waals surface area (Å²) in [6.07, 6.45) is 0. The summed E-state index contributed by atoms with van der Waals surface area (Å²) in [6, 6.07) is 16.1. The van der Waals surface area contributed by atoms with E-state index in [1.54, 1.807) is 7.11 Å². The molecule has 3 nitrogen and oxygen atoms in total. The molecule has 0 bridgehead atoms. The molecule has 2 N–H and O–H groups in total. The van der Waals surface area contributed by atoms with Gasteiger partial charge in [-0.3, -0.25) is 0 Å². The average Bonchev–Trinajstić information content (AvgIpc) is 2.46. The van der Waals surface area contributed by atoms with Gasteiger partial charge in [-0.05, 0) is 28.8 Å². The van der Waals surface area contributed by atoms with Crippen LogP contribution in [-0.4, -0.2) is 12.2 Å². The van der Waals surface area contributed by atoms with Gasteiger partial charge < -0.3 is 15.2 Å². The summed E-state index contributed by atoms with van der Waals surface area (Å²) in [7, 11) is 1.70. The number of methoxy groups -OCH3 is 1. The summed E-state index contributed by atoms with van der Waals surface area (Å²) in [5.74, 6) is 0. The minimum absolute atomic E-state index is 0.0901. The Morgan fingerprint density at radius 3 is 2.42 bits per heavy atom. The molecule has 0 saturated heterocycles. The summed E-state index contributed by atoms with van der Waals surface area (Å²) in [6.45, 7) is 1.48. The molecule has 100 valence electrons. The lowest BCUT2D eigenvalue weighted by Crippen LogP contribution is -2.00. The van der Waals surface area contributed by atoms with Gasteiger partial charge in [0, 0.05) is 19.3 Å². The number of anilines is 1. The van der Waals surface area contributed by atoms with Crippen molar-refractivity contribution in [2.24, 2.45) is 0 Å². The Kier molecular flexibility index (Phi) is 4.95. The molecule has 0 aromatic heterocycles. The maximum absolute atomic E-state index is 8.99. The Morgan fingerprint density at radius 2 is 1.74 bits per heavy atom. The van der Waals surface area contributed by atoms with Crippen molar-refractivity contribution in [2.75, 3.05) is 12.4 Å². The van der Waals surface area contributed by atoms with E-state index in [2.05, 4.69) is 11.4 Å². The summed E-state index contributed by atoms with van der Waals surface area (Å²) < 4.78 is 5.12. The number of rotatable bonds is 6. The van der Waals surface area contributed by atoms with Crippen LogP contribution in [0.4, 0.5) is 5.69 Å². The van der Waals surface area contributed by atoms with Crippen LogP contribution in [-0.2, 0) is 24.5 Å². The van der Waals surface area contributed by atoms with Gasteiger partial charge in [0.05, 0.1) is 13.2 Å². The Hall–Kier alpha value is -1.84.